The minimum Gasteiger partial charge on any atom is -0.234 e. The van der Waals surface area contributed by atoms with Crippen LogP contribution in [0, 0.1) is 0 Å². The van der Waals surface area contributed by atoms with Gasteiger partial charge in [-0.2, -0.15) is 0 Å². The van der Waals surface area contributed by atoms with Crippen LogP contribution in [0.15, 0.2) is 12.4 Å². The maximum atomic E-state index is 2.64. The Morgan fingerprint density at radius 2 is 0.674 bits per heavy atom. The third kappa shape index (κ3) is 27.2. The molecule has 1 heterocycles. The van der Waals surface area contributed by atoms with Crippen molar-refractivity contribution in [3.05, 3.63) is 18.2 Å². The summed E-state index contributed by atoms with van der Waals surface area (Å²) in [5.74, 6) is 1.62. The fourth-order valence-corrected chi connectivity index (χ4v) is 7.39. The number of hydrogen-bond acceptors (Lipinski definition) is 0. The Balaban J connectivity index is 2.20. The molecule has 0 spiro atoms. The Kier molecular flexibility index (Phi) is 33.4. The van der Waals surface area contributed by atoms with Gasteiger partial charge in [-0.3, -0.25) is 0 Å². The molecule has 1 aromatic rings. The molecular weight excluding hydrogens is 556 g/mol. The summed E-state index contributed by atoms with van der Waals surface area (Å²) in [6.45, 7) is 9.41. The van der Waals surface area contributed by atoms with Gasteiger partial charge in [0.05, 0.1) is 13.1 Å². The molecule has 0 saturated carbocycles. The standard InChI is InChI=1S/C44H87N2/c1-4-7-10-13-16-18-20-22-24-25-27-29-31-33-36-39-44-45(40-37-34-15-12-9-6-3)42-43-46(44)41-38-35-32-30-28-26-23-21-19-17-14-11-8-5-2/h42-43H,4-41H2,1-3H3/q+1. The summed E-state index contributed by atoms with van der Waals surface area (Å²) in [6.07, 6.45) is 56.4. The highest BCUT2D eigenvalue weighted by atomic mass is 15.1. The third-order valence-corrected chi connectivity index (χ3v) is 10.6. The van der Waals surface area contributed by atoms with E-state index in [1.54, 1.807) is 5.82 Å². The summed E-state index contributed by atoms with van der Waals surface area (Å²) in [6, 6.07) is 0. The molecule has 0 bridgehead atoms. The van der Waals surface area contributed by atoms with Gasteiger partial charge in [0.25, 0.3) is 5.82 Å². The molecule has 0 aliphatic carbocycles. The van der Waals surface area contributed by atoms with Gasteiger partial charge in [0, 0.05) is 6.42 Å². The zero-order chi connectivity index (χ0) is 33.0. The van der Waals surface area contributed by atoms with Gasteiger partial charge in [-0.1, -0.05) is 213 Å². The molecule has 0 radical (unpaired) electrons. The van der Waals surface area contributed by atoms with E-state index in [1.807, 2.05) is 0 Å². The molecule has 0 saturated heterocycles. The first-order chi connectivity index (χ1) is 22.8. The number of aromatic nitrogens is 2. The van der Waals surface area contributed by atoms with Crippen molar-refractivity contribution in [3.63, 3.8) is 0 Å². The average Bonchev–Trinajstić information content (AvgIpc) is 3.45. The SMILES string of the molecule is CCCCCCCCCCCCCCCCCc1n(CCCCCCCC)cc[n+]1CCCCCCCCCCCCCCCC. The van der Waals surface area contributed by atoms with Gasteiger partial charge in [-0.05, 0) is 32.1 Å². The molecule has 0 N–H and O–H groups in total. The molecule has 272 valence electrons. The molecule has 2 heteroatoms. The molecule has 0 unspecified atom stereocenters. The van der Waals surface area contributed by atoms with Crippen LogP contribution in [0.1, 0.15) is 251 Å². The van der Waals surface area contributed by atoms with Gasteiger partial charge >= 0.3 is 0 Å². The second-order valence-corrected chi connectivity index (χ2v) is 15.2. The number of aryl methyl sites for hydroxylation is 2. The second kappa shape index (κ2) is 35.5. The largest absolute Gasteiger partial charge is 0.256 e. The third-order valence-electron chi connectivity index (χ3n) is 10.6. The lowest BCUT2D eigenvalue weighted by molar-refractivity contribution is -0.704. The van der Waals surface area contributed by atoms with Gasteiger partial charge in [0.2, 0.25) is 0 Å². The number of rotatable bonds is 38. The molecule has 1 aromatic heterocycles. The number of unbranched alkanes of at least 4 members (excludes halogenated alkanes) is 32. The zero-order valence-corrected chi connectivity index (χ0v) is 32.4. The summed E-state index contributed by atoms with van der Waals surface area (Å²) >= 11 is 0. The van der Waals surface area contributed by atoms with E-state index >= 15 is 0 Å². The number of nitrogens with zero attached hydrogens (tertiary/aromatic N) is 2. The Bertz CT molecular complexity index is 707. The highest BCUT2D eigenvalue weighted by Gasteiger charge is 2.16. The summed E-state index contributed by atoms with van der Waals surface area (Å²) in [5, 5.41) is 0. The first-order valence-corrected chi connectivity index (χ1v) is 21.9. The summed E-state index contributed by atoms with van der Waals surface area (Å²) in [4.78, 5) is 0. The molecule has 0 fully saturated rings. The molecule has 0 atom stereocenters. The Hall–Kier alpha value is -0.790. The van der Waals surface area contributed by atoms with Gasteiger partial charge in [-0.25, -0.2) is 9.13 Å². The van der Waals surface area contributed by atoms with Crippen molar-refractivity contribution in [2.45, 2.75) is 265 Å². The minimum atomic E-state index is 1.23. The second-order valence-electron chi connectivity index (χ2n) is 15.2. The van der Waals surface area contributed by atoms with Crippen molar-refractivity contribution >= 4 is 0 Å². The molecule has 0 aromatic carbocycles. The van der Waals surface area contributed by atoms with Crippen molar-refractivity contribution < 1.29 is 4.57 Å². The van der Waals surface area contributed by atoms with Crippen LogP contribution in [-0.4, -0.2) is 4.57 Å². The molecule has 0 amide bonds. The smallest absolute Gasteiger partial charge is 0.234 e. The van der Waals surface area contributed by atoms with E-state index in [0.29, 0.717) is 0 Å². The van der Waals surface area contributed by atoms with Crippen molar-refractivity contribution in [1.29, 1.82) is 0 Å². The van der Waals surface area contributed by atoms with Crippen molar-refractivity contribution in [3.8, 4) is 0 Å². The summed E-state index contributed by atoms with van der Waals surface area (Å²) < 4.78 is 5.27. The first kappa shape index (κ1) is 43.2. The number of imidazole rings is 1. The lowest BCUT2D eigenvalue weighted by Gasteiger charge is -2.07. The highest BCUT2D eigenvalue weighted by molar-refractivity contribution is 4.84. The lowest BCUT2D eigenvalue weighted by atomic mass is 10.0. The fourth-order valence-electron chi connectivity index (χ4n) is 7.39. The highest BCUT2D eigenvalue weighted by Crippen LogP contribution is 2.16. The maximum absolute atomic E-state index is 2.64. The van der Waals surface area contributed by atoms with Crippen LogP contribution in [0.4, 0.5) is 0 Å². The molecule has 46 heavy (non-hydrogen) atoms. The summed E-state index contributed by atoms with van der Waals surface area (Å²) in [5.41, 5.74) is 0. The van der Waals surface area contributed by atoms with E-state index < -0.39 is 0 Å². The van der Waals surface area contributed by atoms with Crippen LogP contribution in [0.25, 0.3) is 0 Å². The van der Waals surface area contributed by atoms with E-state index in [4.69, 9.17) is 0 Å². The monoisotopic (exact) mass is 644 g/mol. The van der Waals surface area contributed by atoms with Crippen LogP contribution < -0.4 is 4.57 Å². The lowest BCUT2D eigenvalue weighted by Crippen LogP contribution is -2.37. The van der Waals surface area contributed by atoms with E-state index in [1.165, 1.54) is 244 Å². The number of hydrogen-bond donors (Lipinski definition) is 0. The van der Waals surface area contributed by atoms with Crippen LogP contribution in [0.2, 0.25) is 0 Å². The van der Waals surface area contributed by atoms with Crippen molar-refractivity contribution in [1.82, 2.24) is 4.57 Å². The molecule has 1 rings (SSSR count). The van der Waals surface area contributed by atoms with Crippen LogP contribution in [0.3, 0.4) is 0 Å². The Morgan fingerprint density at radius 1 is 0.370 bits per heavy atom. The van der Waals surface area contributed by atoms with Crippen LogP contribution in [0.5, 0.6) is 0 Å². The van der Waals surface area contributed by atoms with E-state index in [9.17, 15) is 0 Å². The molecular formula is C44H87N2+. The molecule has 2 nitrogen and oxygen atoms in total. The zero-order valence-electron chi connectivity index (χ0n) is 32.4. The van der Waals surface area contributed by atoms with E-state index in [2.05, 4.69) is 42.3 Å². The Morgan fingerprint density at radius 3 is 1.04 bits per heavy atom. The van der Waals surface area contributed by atoms with Gasteiger partial charge in [0.15, 0.2) is 0 Å². The molecule has 0 aliphatic heterocycles. The van der Waals surface area contributed by atoms with E-state index in [-0.39, 0.29) is 0 Å². The predicted molar refractivity (Wildman–Crippen MR) is 207 cm³/mol. The topological polar surface area (TPSA) is 8.81 Å². The van der Waals surface area contributed by atoms with Gasteiger partial charge < -0.3 is 0 Å². The van der Waals surface area contributed by atoms with Gasteiger partial charge in [0.1, 0.15) is 12.4 Å². The van der Waals surface area contributed by atoms with Crippen LogP contribution in [-0.2, 0) is 19.5 Å². The molecule has 0 aliphatic rings. The van der Waals surface area contributed by atoms with Crippen molar-refractivity contribution in [2.75, 3.05) is 0 Å². The van der Waals surface area contributed by atoms with Crippen LogP contribution >= 0.6 is 0 Å². The quantitative estimate of drug-likeness (QED) is 0.0501. The predicted octanol–water partition coefficient (Wildman–Crippen LogP) is 15.0. The fraction of sp³-hybridized carbons (Fsp3) is 0.932. The average molecular weight is 644 g/mol. The Labute approximate surface area is 291 Å². The first-order valence-electron chi connectivity index (χ1n) is 21.9. The minimum absolute atomic E-state index is 1.23. The van der Waals surface area contributed by atoms with Crippen molar-refractivity contribution in [2.24, 2.45) is 0 Å². The normalized spacial score (nSPS) is 11.6. The van der Waals surface area contributed by atoms with E-state index in [0.717, 1.165) is 0 Å². The summed E-state index contributed by atoms with van der Waals surface area (Å²) in [7, 11) is 0. The van der Waals surface area contributed by atoms with Gasteiger partial charge in [-0.15, -0.1) is 0 Å². The maximum Gasteiger partial charge on any atom is 0.256 e.